The molecule has 2 aromatic carbocycles. The fourth-order valence-corrected chi connectivity index (χ4v) is 5.28. The lowest BCUT2D eigenvalue weighted by Gasteiger charge is -2.20. The maximum Gasteiger partial charge on any atom is 0.266 e. The molecule has 0 saturated carbocycles. The van der Waals surface area contributed by atoms with E-state index in [1.807, 2.05) is 23.1 Å². The summed E-state index contributed by atoms with van der Waals surface area (Å²) in [5.41, 5.74) is 1.31. The summed E-state index contributed by atoms with van der Waals surface area (Å²) < 4.78 is 28.5. The SMILES string of the molecule is O=S(=O)(Nc1nc2ccccc2nc1N1CCCC1)c1c(Cl)cccc1Cl. The molecule has 0 amide bonds. The van der Waals surface area contributed by atoms with Crippen molar-refractivity contribution in [1.82, 2.24) is 9.97 Å². The summed E-state index contributed by atoms with van der Waals surface area (Å²) in [6.07, 6.45) is 2.05. The lowest BCUT2D eigenvalue weighted by molar-refractivity contribution is 0.601. The zero-order valence-corrected chi connectivity index (χ0v) is 16.5. The van der Waals surface area contributed by atoms with Crippen molar-refractivity contribution in [3.8, 4) is 0 Å². The van der Waals surface area contributed by atoms with E-state index in [1.54, 1.807) is 12.1 Å². The maximum atomic E-state index is 13.0. The molecule has 0 aliphatic carbocycles. The number of anilines is 2. The van der Waals surface area contributed by atoms with Crippen molar-refractivity contribution >= 4 is 55.9 Å². The number of hydrogen-bond acceptors (Lipinski definition) is 5. The number of rotatable bonds is 4. The van der Waals surface area contributed by atoms with Crippen LogP contribution in [0.25, 0.3) is 11.0 Å². The number of para-hydroxylation sites is 2. The predicted molar refractivity (Wildman–Crippen MR) is 108 cm³/mol. The predicted octanol–water partition coefficient (Wildman–Crippen LogP) is 4.34. The first-order valence-corrected chi connectivity index (χ1v) is 10.7. The molecule has 6 nitrogen and oxygen atoms in total. The van der Waals surface area contributed by atoms with Crippen LogP contribution in [-0.2, 0) is 10.0 Å². The first-order chi connectivity index (χ1) is 13.0. The van der Waals surface area contributed by atoms with Crippen molar-refractivity contribution in [3.63, 3.8) is 0 Å². The summed E-state index contributed by atoms with van der Waals surface area (Å²) in [7, 11) is -4.04. The van der Waals surface area contributed by atoms with Gasteiger partial charge in [0.15, 0.2) is 11.6 Å². The average molecular weight is 423 g/mol. The standard InChI is InChI=1S/C18H16Cl2N4O2S/c19-12-6-5-7-13(20)16(12)27(25,26)23-17-18(24-10-3-4-11-24)22-15-9-2-1-8-14(15)21-17/h1-2,5-9H,3-4,10-11H2,(H,21,23). The molecule has 0 radical (unpaired) electrons. The normalized spacial score (nSPS) is 14.7. The Bertz CT molecular complexity index is 1100. The van der Waals surface area contributed by atoms with E-state index in [1.165, 1.54) is 12.1 Å². The van der Waals surface area contributed by atoms with Gasteiger partial charge >= 0.3 is 0 Å². The van der Waals surface area contributed by atoms with Gasteiger partial charge in [0.05, 0.1) is 21.1 Å². The molecule has 1 N–H and O–H groups in total. The van der Waals surface area contributed by atoms with Crippen molar-refractivity contribution in [2.45, 2.75) is 17.7 Å². The van der Waals surface area contributed by atoms with Crippen molar-refractivity contribution in [3.05, 3.63) is 52.5 Å². The Hall–Kier alpha value is -2.09. The van der Waals surface area contributed by atoms with Gasteiger partial charge in [-0.2, -0.15) is 0 Å². The highest BCUT2D eigenvalue weighted by molar-refractivity contribution is 7.93. The van der Waals surface area contributed by atoms with Gasteiger partial charge in [0.25, 0.3) is 10.0 Å². The number of fused-ring (bicyclic) bond motifs is 1. The average Bonchev–Trinajstić information content (AvgIpc) is 3.15. The van der Waals surface area contributed by atoms with E-state index in [0.29, 0.717) is 16.9 Å². The van der Waals surface area contributed by atoms with Crippen LogP contribution < -0.4 is 9.62 Å². The highest BCUT2D eigenvalue weighted by Crippen LogP contribution is 2.33. The number of nitrogens with zero attached hydrogens (tertiary/aromatic N) is 3. The Morgan fingerprint density at radius 1 is 0.889 bits per heavy atom. The Kier molecular flexibility index (Phi) is 4.84. The molecule has 1 aliphatic heterocycles. The topological polar surface area (TPSA) is 75.2 Å². The number of benzene rings is 2. The second-order valence-corrected chi connectivity index (χ2v) is 8.67. The molecule has 1 aromatic heterocycles. The number of halogens is 2. The minimum atomic E-state index is -4.04. The van der Waals surface area contributed by atoms with Gasteiger partial charge in [-0.05, 0) is 37.1 Å². The van der Waals surface area contributed by atoms with Crippen molar-refractivity contribution in [1.29, 1.82) is 0 Å². The minimum absolute atomic E-state index is 0.0477. The highest BCUT2D eigenvalue weighted by Gasteiger charge is 2.26. The molecule has 0 atom stereocenters. The summed E-state index contributed by atoms with van der Waals surface area (Å²) in [5, 5.41) is 0.0953. The van der Waals surface area contributed by atoms with Crippen LogP contribution in [-0.4, -0.2) is 31.5 Å². The van der Waals surface area contributed by atoms with Gasteiger partial charge in [-0.25, -0.2) is 18.4 Å². The van der Waals surface area contributed by atoms with Gasteiger partial charge in [-0.3, -0.25) is 4.72 Å². The summed E-state index contributed by atoms with van der Waals surface area (Å²) in [4.78, 5) is 11.0. The van der Waals surface area contributed by atoms with E-state index in [2.05, 4.69) is 14.7 Å². The summed E-state index contributed by atoms with van der Waals surface area (Å²) in [6.45, 7) is 1.60. The summed E-state index contributed by atoms with van der Waals surface area (Å²) in [5.74, 6) is 0.685. The van der Waals surface area contributed by atoms with E-state index < -0.39 is 10.0 Å². The zero-order valence-electron chi connectivity index (χ0n) is 14.2. The van der Waals surface area contributed by atoms with Crippen LogP contribution in [0.5, 0.6) is 0 Å². The summed E-state index contributed by atoms with van der Waals surface area (Å²) in [6, 6.07) is 11.9. The van der Waals surface area contributed by atoms with Crippen LogP contribution in [0, 0.1) is 0 Å². The maximum absolute atomic E-state index is 13.0. The molecule has 0 bridgehead atoms. The highest BCUT2D eigenvalue weighted by atomic mass is 35.5. The van der Waals surface area contributed by atoms with Crippen LogP contribution >= 0.6 is 23.2 Å². The van der Waals surface area contributed by atoms with E-state index in [-0.39, 0.29) is 20.8 Å². The van der Waals surface area contributed by atoms with Crippen molar-refractivity contribution in [2.24, 2.45) is 0 Å². The third-order valence-electron chi connectivity index (χ3n) is 4.38. The largest absolute Gasteiger partial charge is 0.354 e. The lowest BCUT2D eigenvalue weighted by atomic mass is 10.3. The quantitative estimate of drug-likeness (QED) is 0.676. The zero-order chi connectivity index (χ0) is 19.0. The van der Waals surface area contributed by atoms with Gasteiger partial charge in [0, 0.05) is 13.1 Å². The molecule has 140 valence electrons. The number of nitrogens with one attached hydrogen (secondary N) is 1. The first kappa shape index (κ1) is 18.3. The second kappa shape index (κ2) is 7.14. The molecule has 0 unspecified atom stereocenters. The molecule has 0 spiro atoms. The van der Waals surface area contributed by atoms with Gasteiger partial charge in [0.2, 0.25) is 0 Å². The van der Waals surface area contributed by atoms with E-state index in [9.17, 15) is 8.42 Å². The summed E-state index contributed by atoms with van der Waals surface area (Å²) >= 11 is 12.2. The van der Waals surface area contributed by atoms with Crippen LogP contribution in [0.2, 0.25) is 10.0 Å². The smallest absolute Gasteiger partial charge is 0.266 e. The third kappa shape index (κ3) is 3.54. The number of hydrogen-bond donors (Lipinski definition) is 1. The van der Waals surface area contributed by atoms with Gasteiger partial charge < -0.3 is 4.90 Å². The molecule has 9 heteroatoms. The Balaban J connectivity index is 1.84. The van der Waals surface area contributed by atoms with Crippen molar-refractivity contribution < 1.29 is 8.42 Å². The Morgan fingerprint density at radius 3 is 2.11 bits per heavy atom. The molecular weight excluding hydrogens is 407 g/mol. The number of sulfonamides is 1. The van der Waals surface area contributed by atoms with E-state index in [0.717, 1.165) is 25.9 Å². The van der Waals surface area contributed by atoms with Crippen LogP contribution in [0.15, 0.2) is 47.4 Å². The van der Waals surface area contributed by atoms with E-state index in [4.69, 9.17) is 23.2 Å². The Morgan fingerprint density at radius 2 is 1.48 bits per heavy atom. The van der Waals surface area contributed by atoms with Crippen LogP contribution in [0.4, 0.5) is 11.6 Å². The van der Waals surface area contributed by atoms with Gasteiger partial charge in [-0.15, -0.1) is 0 Å². The molecule has 1 saturated heterocycles. The minimum Gasteiger partial charge on any atom is -0.354 e. The monoisotopic (exact) mass is 422 g/mol. The fourth-order valence-electron chi connectivity index (χ4n) is 3.13. The first-order valence-electron chi connectivity index (χ1n) is 8.44. The number of aromatic nitrogens is 2. The van der Waals surface area contributed by atoms with E-state index >= 15 is 0 Å². The molecule has 27 heavy (non-hydrogen) atoms. The Labute approximate surface area is 167 Å². The second-order valence-electron chi connectivity index (χ2n) is 6.23. The molecule has 1 fully saturated rings. The fraction of sp³-hybridized carbons (Fsp3) is 0.222. The van der Waals surface area contributed by atoms with Gasteiger partial charge in [-0.1, -0.05) is 41.4 Å². The molecule has 4 rings (SSSR count). The molecule has 3 aromatic rings. The van der Waals surface area contributed by atoms with Crippen molar-refractivity contribution in [2.75, 3.05) is 22.7 Å². The third-order valence-corrected chi connectivity index (χ3v) is 6.67. The lowest BCUT2D eigenvalue weighted by Crippen LogP contribution is -2.23. The molecule has 2 heterocycles. The van der Waals surface area contributed by atoms with Crippen LogP contribution in [0.3, 0.4) is 0 Å². The molecule has 1 aliphatic rings. The van der Waals surface area contributed by atoms with Gasteiger partial charge in [0.1, 0.15) is 4.90 Å². The van der Waals surface area contributed by atoms with Crippen LogP contribution in [0.1, 0.15) is 12.8 Å². The molecular formula is C18H16Cl2N4O2S.